The van der Waals surface area contributed by atoms with Crippen molar-refractivity contribution >= 4 is 17.6 Å². The zero-order chi connectivity index (χ0) is 17.2. The number of piperazine rings is 1. The highest BCUT2D eigenvalue weighted by molar-refractivity contribution is 5.95. The van der Waals surface area contributed by atoms with Gasteiger partial charge in [0.05, 0.1) is 5.56 Å². The van der Waals surface area contributed by atoms with Crippen molar-refractivity contribution in [1.29, 1.82) is 0 Å². The lowest BCUT2D eigenvalue weighted by molar-refractivity contribution is -0.137. The van der Waals surface area contributed by atoms with Crippen molar-refractivity contribution in [2.75, 3.05) is 18.4 Å². The van der Waals surface area contributed by atoms with Crippen LogP contribution in [0.4, 0.5) is 23.7 Å². The molecular formula is C15H18F3N3O2. The molecule has 1 heterocycles. The van der Waals surface area contributed by atoms with Gasteiger partial charge in [-0.25, -0.2) is 4.79 Å². The van der Waals surface area contributed by atoms with Gasteiger partial charge in [-0.1, -0.05) is 13.0 Å². The number of hydrogen-bond acceptors (Lipinski definition) is 2. The van der Waals surface area contributed by atoms with Crippen LogP contribution in [0.15, 0.2) is 18.2 Å². The summed E-state index contributed by atoms with van der Waals surface area (Å²) >= 11 is 0. The predicted octanol–water partition coefficient (Wildman–Crippen LogP) is 2.76. The smallest absolute Gasteiger partial charge is 0.353 e. The van der Waals surface area contributed by atoms with E-state index < -0.39 is 23.8 Å². The topological polar surface area (TPSA) is 61.4 Å². The van der Waals surface area contributed by atoms with Crippen LogP contribution in [-0.2, 0) is 11.0 Å². The second-order valence-electron chi connectivity index (χ2n) is 5.37. The fourth-order valence-electron chi connectivity index (χ4n) is 2.48. The van der Waals surface area contributed by atoms with Crippen LogP contribution in [0.2, 0.25) is 0 Å². The molecule has 1 fully saturated rings. The molecule has 3 amide bonds. The number of anilines is 1. The number of rotatable bonds is 2. The van der Waals surface area contributed by atoms with E-state index in [0.29, 0.717) is 25.1 Å². The Morgan fingerprint density at radius 1 is 1.43 bits per heavy atom. The quantitative estimate of drug-likeness (QED) is 0.876. The monoisotopic (exact) mass is 329 g/mol. The summed E-state index contributed by atoms with van der Waals surface area (Å²) < 4.78 is 38.4. The second kappa shape index (κ2) is 6.47. The standard InChI is InChI=1S/C15H18F3N3O2/c1-3-12-13(22)19-6-7-21(12)14(23)20-11-8-10(15(16,17)18)5-4-9(11)2/h4-5,8,12H,3,6-7H2,1-2H3,(H,19,22)(H,20,23). The van der Waals surface area contributed by atoms with E-state index in [1.165, 1.54) is 11.0 Å². The molecule has 0 aliphatic carbocycles. The summed E-state index contributed by atoms with van der Waals surface area (Å²) in [6.07, 6.45) is -4.05. The van der Waals surface area contributed by atoms with Crippen molar-refractivity contribution in [2.24, 2.45) is 0 Å². The molecule has 1 aliphatic rings. The molecule has 0 bridgehead atoms. The first kappa shape index (κ1) is 17.1. The van der Waals surface area contributed by atoms with Crippen molar-refractivity contribution in [2.45, 2.75) is 32.5 Å². The number of halogens is 3. The van der Waals surface area contributed by atoms with Gasteiger partial charge in [-0.15, -0.1) is 0 Å². The lowest BCUT2D eigenvalue weighted by Crippen LogP contribution is -2.57. The van der Waals surface area contributed by atoms with Gasteiger partial charge in [-0.05, 0) is 31.0 Å². The molecule has 1 saturated heterocycles. The minimum atomic E-state index is -4.48. The van der Waals surface area contributed by atoms with E-state index in [1.54, 1.807) is 13.8 Å². The van der Waals surface area contributed by atoms with E-state index in [4.69, 9.17) is 0 Å². The van der Waals surface area contributed by atoms with Crippen LogP contribution in [-0.4, -0.2) is 36.0 Å². The number of carbonyl (C=O) groups excluding carboxylic acids is 2. The Kier molecular flexibility index (Phi) is 4.82. The molecule has 126 valence electrons. The average molecular weight is 329 g/mol. The van der Waals surface area contributed by atoms with Crippen LogP contribution >= 0.6 is 0 Å². The van der Waals surface area contributed by atoms with E-state index in [2.05, 4.69) is 10.6 Å². The molecule has 1 aromatic carbocycles. The van der Waals surface area contributed by atoms with Crippen LogP contribution in [0.25, 0.3) is 0 Å². The minimum absolute atomic E-state index is 0.0886. The molecule has 1 aromatic rings. The molecular weight excluding hydrogens is 311 g/mol. The second-order valence-corrected chi connectivity index (χ2v) is 5.37. The van der Waals surface area contributed by atoms with Gasteiger partial charge >= 0.3 is 12.2 Å². The van der Waals surface area contributed by atoms with Gasteiger partial charge in [0.2, 0.25) is 5.91 Å². The molecule has 0 saturated carbocycles. The van der Waals surface area contributed by atoms with Crippen LogP contribution in [0.3, 0.4) is 0 Å². The number of amides is 3. The fourth-order valence-corrected chi connectivity index (χ4v) is 2.48. The van der Waals surface area contributed by atoms with Crippen molar-refractivity contribution in [1.82, 2.24) is 10.2 Å². The number of hydrogen-bond donors (Lipinski definition) is 2. The molecule has 5 nitrogen and oxygen atoms in total. The summed E-state index contributed by atoms with van der Waals surface area (Å²) in [6, 6.07) is 1.98. The normalized spacial score (nSPS) is 18.6. The first-order valence-electron chi connectivity index (χ1n) is 7.27. The van der Waals surface area contributed by atoms with Gasteiger partial charge in [-0.3, -0.25) is 4.79 Å². The third-order valence-corrected chi connectivity index (χ3v) is 3.78. The maximum atomic E-state index is 12.8. The zero-order valence-corrected chi connectivity index (χ0v) is 12.8. The van der Waals surface area contributed by atoms with Crippen LogP contribution in [0.1, 0.15) is 24.5 Å². The highest BCUT2D eigenvalue weighted by atomic mass is 19.4. The van der Waals surface area contributed by atoms with Gasteiger partial charge in [0, 0.05) is 18.8 Å². The van der Waals surface area contributed by atoms with Crippen LogP contribution in [0, 0.1) is 6.92 Å². The number of alkyl halides is 3. The van der Waals surface area contributed by atoms with Crippen LogP contribution < -0.4 is 10.6 Å². The number of aryl methyl sites for hydroxylation is 1. The molecule has 1 atom stereocenters. The van der Waals surface area contributed by atoms with E-state index in [-0.39, 0.29) is 11.6 Å². The third-order valence-electron chi connectivity index (χ3n) is 3.78. The van der Waals surface area contributed by atoms with Crippen molar-refractivity contribution in [3.63, 3.8) is 0 Å². The average Bonchev–Trinajstić information content (AvgIpc) is 2.48. The first-order chi connectivity index (χ1) is 10.7. The molecule has 0 aromatic heterocycles. The van der Waals surface area contributed by atoms with E-state index in [0.717, 1.165) is 12.1 Å². The molecule has 1 aliphatic heterocycles. The number of nitrogens with one attached hydrogen (secondary N) is 2. The molecule has 2 N–H and O–H groups in total. The summed E-state index contributed by atoms with van der Waals surface area (Å²) in [6.45, 7) is 4.01. The van der Waals surface area contributed by atoms with E-state index >= 15 is 0 Å². The maximum Gasteiger partial charge on any atom is 0.416 e. The molecule has 0 radical (unpaired) electrons. The van der Waals surface area contributed by atoms with Crippen molar-refractivity contribution in [3.8, 4) is 0 Å². The van der Waals surface area contributed by atoms with Gasteiger partial charge in [0.1, 0.15) is 6.04 Å². The van der Waals surface area contributed by atoms with Gasteiger partial charge in [-0.2, -0.15) is 13.2 Å². The van der Waals surface area contributed by atoms with Crippen molar-refractivity contribution < 1.29 is 22.8 Å². The Bertz CT molecular complexity index is 616. The Labute approximate surface area is 131 Å². The maximum absolute atomic E-state index is 12.8. The summed E-state index contributed by atoms with van der Waals surface area (Å²) in [5.74, 6) is -0.255. The minimum Gasteiger partial charge on any atom is -0.353 e. The highest BCUT2D eigenvalue weighted by Gasteiger charge is 2.33. The molecule has 1 unspecified atom stereocenters. The fraction of sp³-hybridized carbons (Fsp3) is 0.467. The Hall–Kier alpha value is -2.25. The lowest BCUT2D eigenvalue weighted by Gasteiger charge is -2.34. The highest BCUT2D eigenvalue weighted by Crippen LogP contribution is 2.32. The van der Waals surface area contributed by atoms with Crippen LogP contribution in [0.5, 0.6) is 0 Å². The van der Waals surface area contributed by atoms with Crippen molar-refractivity contribution in [3.05, 3.63) is 29.3 Å². The van der Waals surface area contributed by atoms with Gasteiger partial charge < -0.3 is 15.5 Å². The molecule has 0 spiro atoms. The molecule has 8 heteroatoms. The Morgan fingerprint density at radius 2 is 2.13 bits per heavy atom. The SMILES string of the molecule is CCC1C(=O)NCCN1C(=O)Nc1cc(C(F)(F)F)ccc1C. The van der Waals surface area contributed by atoms with E-state index in [9.17, 15) is 22.8 Å². The Morgan fingerprint density at radius 3 is 2.74 bits per heavy atom. The lowest BCUT2D eigenvalue weighted by atomic mass is 10.1. The molecule has 23 heavy (non-hydrogen) atoms. The summed E-state index contributed by atoms with van der Waals surface area (Å²) in [7, 11) is 0. The first-order valence-corrected chi connectivity index (χ1v) is 7.27. The van der Waals surface area contributed by atoms with Gasteiger partial charge in [0.15, 0.2) is 0 Å². The number of benzene rings is 1. The summed E-state index contributed by atoms with van der Waals surface area (Å²) in [5, 5.41) is 5.15. The zero-order valence-electron chi connectivity index (χ0n) is 12.8. The number of nitrogens with zero attached hydrogens (tertiary/aromatic N) is 1. The van der Waals surface area contributed by atoms with Gasteiger partial charge in [0.25, 0.3) is 0 Å². The summed E-state index contributed by atoms with van der Waals surface area (Å²) in [4.78, 5) is 25.5. The molecule has 2 rings (SSSR count). The van der Waals surface area contributed by atoms with E-state index in [1.807, 2.05) is 0 Å². The largest absolute Gasteiger partial charge is 0.416 e. The predicted molar refractivity (Wildman–Crippen MR) is 79.0 cm³/mol. The number of urea groups is 1. The number of carbonyl (C=O) groups is 2. The summed E-state index contributed by atoms with van der Waals surface area (Å²) in [5.41, 5.74) is -0.228. The third kappa shape index (κ3) is 3.75. The Balaban J connectivity index is 2.21.